The quantitative estimate of drug-likeness (QED) is 0.188. The minimum Gasteiger partial charge on any atom is -0.485 e. The average molecular weight is 564 g/mol. The lowest BCUT2D eigenvalue weighted by molar-refractivity contribution is -0.0614. The Morgan fingerprint density at radius 1 is 0.619 bits per heavy atom. The smallest absolute Gasteiger partial charge is 0.161 e. The van der Waals surface area contributed by atoms with Gasteiger partial charge in [-0.25, -0.2) is 0 Å². The molecule has 4 aromatic rings. The maximum absolute atomic E-state index is 6.48. The van der Waals surface area contributed by atoms with Crippen LogP contribution in [0.25, 0.3) is 0 Å². The highest BCUT2D eigenvalue weighted by Gasteiger charge is 2.42. The van der Waals surface area contributed by atoms with Crippen LogP contribution >= 0.6 is 0 Å². The van der Waals surface area contributed by atoms with E-state index in [1.807, 2.05) is 24.3 Å². The third-order valence-corrected chi connectivity index (χ3v) is 8.36. The van der Waals surface area contributed by atoms with Crippen molar-refractivity contribution in [3.63, 3.8) is 0 Å². The molecule has 5 nitrogen and oxygen atoms in total. The van der Waals surface area contributed by atoms with Gasteiger partial charge >= 0.3 is 0 Å². The van der Waals surface area contributed by atoms with Crippen LogP contribution in [0.2, 0.25) is 0 Å². The molecule has 1 heterocycles. The predicted octanol–water partition coefficient (Wildman–Crippen LogP) is 6.57. The van der Waals surface area contributed by atoms with Crippen molar-refractivity contribution in [1.29, 1.82) is 0 Å². The molecular weight excluding hydrogens is 518 g/mol. The van der Waals surface area contributed by atoms with E-state index in [2.05, 4.69) is 114 Å². The summed E-state index contributed by atoms with van der Waals surface area (Å²) in [5.74, 6) is 1.57. The summed E-state index contributed by atoms with van der Waals surface area (Å²) in [4.78, 5) is 5.38. The van der Waals surface area contributed by atoms with Crippen molar-refractivity contribution in [3.05, 3.63) is 131 Å². The monoisotopic (exact) mass is 563 g/mol. The van der Waals surface area contributed by atoms with Gasteiger partial charge in [-0.3, -0.25) is 9.80 Å². The van der Waals surface area contributed by atoms with E-state index in [1.165, 1.54) is 11.1 Å². The molecule has 0 amide bonds. The van der Waals surface area contributed by atoms with Crippen LogP contribution in [-0.4, -0.2) is 54.7 Å². The molecule has 1 unspecified atom stereocenters. The highest BCUT2D eigenvalue weighted by molar-refractivity contribution is 5.44. The normalized spacial score (nSPS) is 15.3. The van der Waals surface area contributed by atoms with Crippen LogP contribution in [0.3, 0.4) is 0 Å². The minimum absolute atomic E-state index is 0.157. The SMILES string of the molecule is CCN(CC)C(Cc1ccccc1)(Cc1ccc(OCc2ccccc2)c(OCc2ccccc2)c1)N1CCNCC1. The van der Waals surface area contributed by atoms with Crippen molar-refractivity contribution in [2.45, 2.75) is 45.6 Å². The summed E-state index contributed by atoms with van der Waals surface area (Å²) in [6, 6.07) is 38.2. The van der Waals surface area contributed by atoms with Gasteiger partial charge < -0.3 is 14.8 Å². The van der Waals surface area contributed by atoms with Crippen LogP contribution in [0.1, 0.15) is 36.1 Å². The van der Waals surface area contributed by atoms with E-state index in [4.69, 9.17) is 9.47 Å². The lowest BCUT2D eigenvalue weighted by Gasteiger charge is -2.52. The highest BCUT2D eigenvalue weighted by atomic mass is 16.5. The maximum Gasteiger partial charge on any atom is 0.161 e. The zero-order valence-electron chi connectivity index (χ0n) is 25.2. The van der Waals surface area contributed by atoms with Crippen LogP contribution in [0.5, 0.6) is 11.5 Å². The fourth-order valence-electron chi connectivity index (χ4n) is 6.22. The Balaban J connectivity index is 1.49. The molecule has 1 saturated heterocycles. The molecule has 4 aromatic carbocycles. The largest absolute Gasteiger partial charge is 0.485 e. The first-order chi connectivity index (χ1) is 20.7. The molecule has 0 spiro atoms. The van der Waals surface area contributed by atoms with Gasteiger partial charge in [-0.2, -0.15) is 0 Å². The van der Waals surface area contributed by atoms with E-state index in [0.29, 0.717) is 13.2 Å². The van der Waals surface area contributed by atoms with Crippen molar-refractivity contribution >= 4 is 0 Å². The lowest BCUT2D eigenvalue weighted by atomic mass is 9.88. The van der Waals surface area contributed by atoms with Crippen LogP contribution in [0.15, 0.2) is 109 Å². The fourth-order valence-corrected chi connectivity index (χ4v) is 6.22. The first-order valence-corrected chi connectivity index (χ1v) is 15.4. The second-order valence-corrected chi connectivity index (χ2v) is 11.1. The summed E-state index contributed by atoms with van der Waals surface area (Å²) >= 11 is 0. The average Bonchev–Trinajstić information content (AvgIpc) is 3.05. The zero-order chi connectivity index (χ0) is 29.0. The summed E-state index contributed by atoms with van der Waals surface area (Å²) in [7, 11) is 0. The van der Waals surface area contributed by atoms with Gasteiger partial charge in [0, 0.05) is 39.0 Å². The topological polar surface area (TPSA) is 37.0 Å². The standard InChI is InChI=1S/C37H45N3O2/c1-3-39(4-2)37(40-24-22-38-23-25-40,27-31-14-8-5-9-15-31)28-34-20-21-35(41-29-32-16-10-6-11-17-32)36(26-34)42-30-33-18-12-7-13-19-33/h5-21,26,38H,3-4,22-25,27-30H2,1-2H3. The number of hydrogen-bond acceptors (Lipinski definition) is 5. The van der Waals surface area contributed by atoms with E-state index < -0.39 is 0 Å². The Morgan fingerprint density at radius 2 is 1.12 bits per heavy atom. The van der Waals surface area contributed by atoms with E-state index in [9.17, 15) is 0 Å². The molecule has 0 saturated carbocycles. The first kappa shape index (κ1) is 29.8. The Bertz CT molecular complexity index is 1340. The molecular formula is C37H45N3O2. The molecule has 0 bridgehead atoms. The van der Waals surface area contributed by atoms with Gasteiger partial charge in [-0.05, 0) is 47.5 Å². The van der Waals surface area contributed by atoms with Gasteiger partial charge in [0.2, 0.25) is 0 Å². The van der Waals surface area contributed by atoms with E-state index >= 15 is 0 Å². The summed E-state index contributed by atoms with van der Waals surface area (Å²) in [6.45, 7) is 11.6. The summed E-state index contributed by atoms with van der Waals surface area (Å²) in [6.07, 6.45) is 1.85. The number of hydrogen-bond donors (Lipinski definition) is 1. The number of benzene rings is 4. The molecule has 0 aliphatic carbocycles. The summed E-state index contributed by atoms with van der Waals surface area (Å²) < 4.78 is 12.8. The van der Waals surface area contributed by atoms with Gasteiger partial charge in [0.1, 0.15) is 13.2 Å². The van der Waals surface area contributed by atoms with Crippen molar-refractivity contribution in [1.82, 2.24) is 15.1 Å². The third-order valence-electron chi connectivity index (χ3n) is 8.36. The number of likely N-dealkylation sites (N-methyl/N-ethyl adjacent to an activating group) is 1. The Kier molecular flexibility index (Phi) is 10.7. The van der Waals surface area contributed by atoms with Gasteiger partial charge in [0.25, 0.3) is 0 Å². The van der Waals surface area contributed by atoms with Gasteiger partial charge in [-0.1, -0.05) is 111 Å². The van der Waals surface area contributed by atoms with Crippen molar-refractivity contribution in [2.24, 2.45) is 0 Å². The van der Waals surface area contributed by atoms with E-state index in [-0.39, 0.29) is 5.66 Å². The molecule has 220 valence electrons. The molecule has 5 rings (SSSR count). The predicted molar refractivity (Wildman–Crippen MR) is 172 cm³/mol. The molecule has 42 heavy (non-hydrogen) atoms. The summed E-state index contributed by atoms with van der Waals surface area (Å²) in [5.41, 5.74) is 4.74. The molecule has 1 atom stereocenters. The Hall–Kier alpha value is -3.64. The van der Waals surface area contributed by atoms with Crippen LogP contribution in [-0.2, 0) is 26.1 Å². The number of ether oxygens (including phenoxy) is 2. The third kappa shape index (κ3) is 7.60. The Morgan fingerprint density at radius 3 is 1.67 bits per heavy atom. The fraction of sp³-hybridized carbons (Fsp3) is 0.351. The first-order valence-electron chi connectivity index (χ1n) is 15.4. The van der Waals surface area contributed by atoms with Crippen LogP contribution in [0.4, 0.5) is 0 Å². The molecule has 0 aromatic heterocycles. The van der Waals surface area contributed by atoms with E-state index in [0.717, 1.165) is 74.7 Å². The number of piperazine rings is 1. The molecule has 0 radical (unpaired) electrons. The number of nitrogens with zero attached hydrogens (tertiary/aromatic N) is 2. The van der Waals surface area contributed by atoms with E-state index in [1.54, 1.807) is 0 Å². The van der Waals surface area contributed by atoms with Gasteiger partial charge in [0.05, 0.1) is 5.66 Å². The Labute approximate surface area is 252 Å². The number of rotatable bonds is 14. The zero-order valence-corrected chi connectivity index (χ0v) is 25.2. The van der Waals surface area contributed by atoms with Crippen molar-refractivity contribution < 1.29 is 9.47 Å². The second kappa shape index (κ2) is 15.0. The van der Waals surface area contributed by atoms with Crippen molar-refractivity contribution in [3.8, 4) is 11.5 Å². The minimum atomic E-state index is -0.157. The van der Waals surface area contributed by atoms with Gasteiger partial charge in [0.15, 0.2) is 11.5 Å². The molecule has 1 N–H and O–H groups in total. The second-order valence-electron chi connectivity index (χ2n) is 11.1. The highest BCUT2D eigenvalue weighted by Crippen LogP contribution is 2.35. The molecule has 1 aliphatic rings. The van der Waals surface area contributed by atoms with Crippen LogP contribution < -0.4 is 14.8 Å². The lowest BCUT2D eigenvalue weighted by Crippen LogP contribution is -2.66. The summed E-state index contributed by atoms with van der Waals surface area (Å²) in [5, 5.41) is 3.57. The van der Waals surface area contributed by atoms with Crippen LogP contribution in [0, 0.1) is 0 Å². The maximum atomic E-state index is 6.48. The number of nitrogens with one attached hydrogen (secondary N) is 1. The van der Waals surface area contributed by atoms with Gasteiger partial charge in [-0.15, -0.1) is 0 Å². The molecule has 5 heteroatoms. The molecule has 1 aliphatic heterocycles. The van der Waals surface area contributed by atoms with Crippen molar-refractivity contribution in [2.75, 3.05) is 39.3 Å². The molecule has 1 fully saturated rings.